The van der Waals surface area contributed by atoms with Crippen molar-refractivity contribution in [3.05, 3.63) is 60.8 Å². The lowest BCUT2D eigenvalue weighted by atomic mass is 10.0. The number of nitrogens with zero attached hydrogens (tertiary/aromatic N) is 1. The summed E-state index contributed by atoms with van der Waals surface area (Å²) in [5.74, 6) is 0.851. The summed E-state index contributed by atoms with van der Waals surface area (Å²) in [5.41, 5.74) is 4.37. The largest absolute Gasteiger partial charge is 0.497 e. The maximum absolute atomic E-state index is 5.18. The van der Waals surface area contributed by atoms with Gasteiger partial charge in [0.05, 0.1) is 19.0 Å². The minimum atomic E-state index is 0.851. The van der Waals surface area contributed by atoms with Crippen LogP contribution in [0.15, 0.2) is 60.8 Å². The number of methoxy groups -OCH3 is 1. The lowest BCUT2D eigenvalue weighted by Gasteiger charge is -2.05. The second-order valence-electron chi connectivity index (χ2n) is 4.25. The van der Waals surface area contributed by atoms with Gasteiger partial charge < -0.3 is 4.74 Å². The van der Waals surface area contributed by atoms with Crippen molar-refractivity contribution in [1.29, 1.82) is 0 Å². The Balaban J connectivity index is 2.04. The molecule has 2 aromatic carbocycles. The van der Waals surface area contributed by atoms with E-state index in [9.17, 15) is 0 Å². The van der Waals surface area contributed by atoms with Crippen molar-refractivity contribution in [3.63, 3.8) is 0 Å². The molecule has 3 nitrogen and oxygen atoms in total. The van der Waals surface area contributed by atoms with Crippen LogP contribution in [0.25, 0.3) is 22.4 Å². The Bertz CT molecular complexity index is 657. The first-order valence-corrected chi connectivity index (χ1v) is 6.11. The Labute approximate surface area is 111 Å². The maximum atomic E-state index is 5.18. The Morgan fingerprint density at radius 3 is 2.32 bits per heavy atom. The zero-order chi connectivity index (χ0) is 13.1. The van der Waals surface area contributed by atoms with Crippen LogP contribution < -0.4 is 4.74 Å². The molecule has 3 aromatic rings. The van der Waals surface area contributed by atoms with Crippen LogP contribution in [0.1, 0.15) is 0 Å². The van der Waals surface area contributed by atoms with Gasteiger partial charge in [-0.3, -0.25) is 5.10 Å². The van der Waals surface area contributed by atoms with Crippen LogP contribution in [0.5, 0.6) is 5.75 Å². The van der Waals surface area contributed by atoms with Crippen LogP contribution in [0.3, 0.4) is 0 Å². The zero-order valence-corrected chi connectivity index (χ0v) is 10.6. The molecular weight excluding hydrogens is 236 g/mol. The fourth-order valence-corrected chi connectivity index (χ4v) is 2.10. The highest BCUT2D eigenvalue weighted by Crippen LogP contribution is 2.30. The normalized spacial score (nSPS) is 10.4. The van der Waals surface area contributed by atoms with E-state index in [-0.39, 0.29) is 0 Å². The second kappa shape index (κ2) is 4.98. The van der Waals surface area contributed by atoms with E-state index in [4.69, 9.17) is 4.74 Å². The minimum absolute atomic E-state index is 0.851. The molecular formula is C16H14N2O. The number of ether oxygens (including phenoxy) is 1. The van der Waals surface area contributed by atoms with Gasteiger partial charge in [0.2, 0.25) is 0 Å². The van der Waals surface area contributed by atoms with Crippen LogP contribution >= 0.6 is 0 Å². The van der Waals surface area contributed by atoms with Crippen molar-refractivity contribution in [3.8, 4) is 28.1 Å². The van der Waals surface area contributed by atoms with E-state index >= 15 is 0 Å². The number of hydrogen-bond acceptors (Lipinski definition) is 2. The first-order valence-electron chi connectivity index (χ1n) is 6.11. The van der Waals surface area contributed by atoms with Gasteiger partial charge in [-0.15, -0.1) is 0 Å². The summed E-state index contributed by atoms with van der Waals surface area (Å²) >= 11 is 0. The average Bonchev–Trinajstić information content (AvgIpc) is 2.98. The molecule has 0 unspecified atom stereocenters. The van der Waals surface area contributed by atoms with E-state index in [1.165, 1.54) is 0 Å². The van der Waals surface area contributed by atoms with Gasteiger partial charge >= 0.3 is 0 Å². The zero-order valence-electron chi connectivity index (χ0n) is 10.6. The van der Waals surface area contributed by atoms with Crippen molar-refractivity contribution in [2.24, 2.45) is 0 Å². The third kappa shape index (κ3) is 2.22. The summed E-state index contributed by atoms with van der Waals surface area (Å²) < 4.78 is 5.18. The molecule has 0 radical (unpaired) electrons. The molecule has 19 heavy (non-hydrogen) atoms. The molecule has 0 aliphatic carbocycles. The Morgan fingerprint density at radius 1 is 0.895 bits per heavy atom. The summed E-state index contributed by atoms with van der Waals surface area (Å²) in [6, 6.07) is 18.2. The summed E-state index contributed by atoms with van der Waals surface area (Å²) in [6.45, 7) is 0. The van der Waals surface area contributed by atoms with Crippen molar-refractivity contribution >= 4 is 0 Å². The standard InChI is InChI=1S/C16H14N2O/c1-19-14-9-7-13(8-10-14)16-15(11-17-18-16)12-5-3-2-4-6-12/h2-11H,1H3,(H,17,18). The van der Waals surface area contributed by atoms with E-state index in [0.29, 0.717) is 0 Å². The van der Waals surface area contributed by atoms with Crippen LogP contribution in [-0.4, -0.2) is 17.3 Å². The molecule has 1 heterocycles. The van der Waals surface area contributed by atoms with Gasteiger partial charge in [0.25, 0.3) is 0 Å². The van der Waals surface area contributed by atoms with Crippen molar-refractivity contribution in [2.45, 2.75) is 0 Å². The lowest BCUT2D eigenvalue weighted by molar-refractivity contribution is 0.415. The number of aromatic nitrogens is 2. The van der Waals surface area contributed by atoms with E-state index in [1.807, 2.05) is 48.7 Å². The van der Waals surface area contributed by atoms with Crippen molar-refractivity contribution < 1.29 is 4.74 Å². The molecule has 0 fully saturated rings. The van der Waals surface area contributed by atoms with Gasteiger partial charge in [0, 0.05) is 11.1 Å². The van der Waals surface area contributed by atoms with E-state index in [0.717, 1.165) is 28.1 Å². The predicted molar refractivity (Wildman–Crippen MR) is 76.0 cm³/mol. The topological polar surface area (TPSA) is 37.9 Å². The minimum Gasteiger partial charge on any atom is -0.497 e. The molecule has 0 saturated heterocycles. The molecule has 0 aliphatic heterocycles. The molecule has 94 valence electrons. The predicted octanol–water partition coefficient (Wildman–Crippen LogP) is 3.75. The number of benzene rings is 2. The molecule has 3 rings (SSSR count). The highest BCUT2D eigenvalue weighted by atomic mass is 16.5. The summed E-state index contributed by atoms with van der Waals surface area (Å²) in [6.07, 6.45) is 1.86. The van der Waals surface area contributed by atoms with Crippen molar-refractivity contribution in [2.75, 3.05) is 7.11 Å². The number of hydrogen-bond donors (Lipinski definition) is 1. The highest BCUT2D eigenvalue weighted by molar-refractivity contribution is 5.80. The first-order chi connectivity index (χ1) is 9.38. The number of H-pyrrole nitrogens is 1. The van der Waals surface area contributed by atoms with E-state index in [2.05, 4.69) is 22.3 Å². The molecule has 1 N–H and O–H groups in total. The van der Waals surface area contributed by atoms with Gasteiger partial charge in [0.15, 0.2) is 0 Å². The second-order valence-corrected chi connectivity index (χ2v) is 4.25. The van der Waals surface area contributed by atoms with Gasteiger partial charge in [0.1, 0.15) is 5.75 Å². The molecule has 0 saturated carbocycles. The molecule has 0 amide bonds. The number of rotatable bonds is 3. The Hall–Kier alpha value is -2.55. The number of aromatic amines is 1. The first kappa shape index (κ1) is 11.5. The van der Waals surface area contributed by atoms with Gasteiger partial charge in [-0.25, -0.2) is 0 Å². The third-order valence-electron chi connectivity index (χ3n) is 3.10. The smallest absolute Gasteiger partial charge is 0.118 e. The fourth-order valence-electron chi connectivity index (χ4n) is 2.10. The van der Waals surface area contributed by atoms with Crippen LogP contribution in [0.4, 0.5) is 0 Å². The molecule has 0 bridgehead atoms. The Kier molecular flexibility index (Phi) is 3.02. The number of nitrogens with one attached hydrogen (secondary N) is 1. The molecule has 0 atom stereocenters. The van der Waals surface area contributed by atoms with Gasteiger partial charge in [-0.1, -0.05) is 30.3 Å². The molecule has 0 aliphatic rings. The summed E-state index contributed by atoms with van der Waals surface area (Å²) in [4.78, 5) is 0. The van der Waals surface area contributed by atoms with Crippen molar-refractivity contribution in [1.82, 2.24) is 10.2 Å². The molecule has 3 heteroatoms. The monoisotopic (exact) mass is 250 g/mol. The SMILES string of the molecule is COc1ccc(-c2[nH]ncc2-c2ccccc2)cc1. The van der Waals surface area contributed by atoms with E-state index < -0.39 is 0 Å². The average molecular weight is 250 g/mol. The van der Waals surface area contributed by atoms with Crippen LogP contribution in [0, 0.1) is 0 Å². The molecule has 0 spiro atoms. The lowest BCUT2D eigenvalue weighted by Crippen LogP contribution is -1.85. The summed E-state index contributed by atoms with van der Waals surface area (Å²) in [7, 11) is 1.67. The van der Waals surface area contributed by atoms with Gasteiger partial charge in [-0.2, -0.15) is 5.10 Å². The van der Waals surface area contributed by atoms with Crippen LogP contribution in [0.2, 0.25) is 0 Å². The maximum Gasteiger partial charge on any atom is 0.118 e. The Morgan fingerprint density at radius 2 is 1.63 bits per heavy atom. The summed E-state index contributed by atoms with van der Waals surface area (Å²) in [5, 5.41) is 7.23. The van der Waals surface area contributed by atoms with Gasteiger partial charge in [-0.05, 0) is 29.8 Å². The fraction of sp³-hybridized carbons (Fsp3) is 0.0625. The van der Waals surface area contributed by atoms with Crippen LogP contribution in [-0.2, 0) is 0 Å². The molecule has 1 aromatic heterocycles. The quantitative estimate of drug-likeness (QED) is 0.768. The highest BCUT2D eigenvalue weighted by Gasteiger charge is 2.09. The third-order valence-corrected chi connectivity index (χ3v) is 3.10. The van der Waals surface area contributed by atoms with E-state index in [1.54, 1.807) is 7.11 Å².